The van der Waals surface area contributed by atoms with Gasteiger partial charge in [0.2, 0.25) is 0 Å². The number of nitrogens with one attached hydrogen (secondary N) is 1. The van der Waals surface area contributed by atoms with Gasteiger partial charge in [0.15, 0.2) is 0 Å². The van der Waals surface area contributed by atoms with Gasteiger partial charge in [0.25, 0.3) is 5.91 Å². The standard InChI is InChI=1S/C21H24N6O2/c1-13-2-5-26-12-17(25-20(26)6-13)21(29)27-10-14-7-16(18(28)8-15(14)11-27)24-19-9-22-3-4-23-19/h2-6,9,12,14-16,18,28H,7-8,10-11H2,1H3,(H,23,24)/t14-,15+,16-,18-/m1/s1. The van der Waals surface area contributed by atoms with E-state index in [0.29, 0.717) is 42.9 Å². The number of aromatic nitrogens is 4. The number of likely N-dealkylation sites (tertiary alicyclic amines) is 1. The van der Waals surface area contributed by atoms with Crippen LogP contribution in [0, 0.1) is 18.8 Å². The van der Waals surface area contributed by atoms with E-state index >= 15 is 0 Å². The first kappa shape index (κ1) is 18.1. The van der Waals surface area contributed by atoms with Crippen LogP contribution in [-0.2, 0) is 0 Å². The van der Waals surface area contributed by atoms with Crippen molar-refractivity contribution in [3.05, 3.63) is 54.4 Å². The molecule has 3 aromatic rings. The molecule has 1 saturated heterocycles. The van der Waals surface area contributed by atoms with Crippen molar-refractivity contribution >= 4 is 17.4 Å². The Labute approximate surface area is 168 Å². The summed E-state index contributed by atoms with van der Waals surface area (Å²) in [5.41, 5.74) is 2.38. The van der Waals surface area contributed by atoms with Crippen LogP contribution < -0.4 is 5.32 Å². The number of aryl methyl sites for hydroxylation is 1. The third-order valence-corrected chi connectivity index (χ3v) is 6.16. The summed E-state index contributed by atoms with van der Waals surface area (Å²) in [5.74, 6) is 1.30. The molecule has 1 aliphatic heterocycles. The number of anilines is 1. The fourth-order valence-corrected chi connectivity index (χ4v) is 4.66. The second kappa shape index (κ2) is 7.11. The number of fused-ring (bicyclic) bond motifs is 2. The number of hydrogen-bond acceptors (Lipinski definition) is 6. The lowest BCUT2D eigenvalue weighted by molar-refractivity contribution is 0.0726. The first-order valence-electron chi connectivity index (χ1n) is 10.0. The van der Waals surface area contributed by atoms with Crippen molar-refractivity contribution in [3.63, 3.8) is 0 Å². The zero-order valence-electron chi connectivity index (χ0n) is 16.3. The molecular formula is C21H24N6O2. The van der Waals surface area contributed by atoms with Gasteiger partial charge in [-0.2, -0.15) is 0 Å². The average molecular weight is 392 g/mol. The topological polar surface area (TPSA) is 95.7 Å². The minimum atomic E-state index is -0.466. The maximum Gasteiger partial charge on any atom is 0.274 e. The molecule has 150 valence electrons. The van der Waals surface area contributed by atoms with E-state index in [0.717, 1.165) is 17.6 Å². The van der Waals surface area contributed by atoms with Crippen LogP contribution in [0.3, 0.4) is 0 Å². The lowest BCUT2D eigenvalue weighted by Gasteiger charge is -2.35. The van der Waals surface area contributed by atoms with Crippen LogP contribution in [0.2, 0.25) is 0 Å². The van der Waals surface area contributed by atoms with Gasteiger partial charge in [-0.05, 0) is 49.3 Å². The third-order valence-electron chi connectivity index (χ3n) is 6.16. The Hall–Kier alpha value is -3.00. The number of pyridine rings is 1. The molecular weight excluding hydrogens is 368 g/mol. The number of nitrogens with zero attached hydrogens (tertiary/aromatic N) is 5. The van der Waals surface area contributed by atoms with E-state index in [2.05, 4.69) is 20.3 Å². The van der Waals surface area contributed by atoms with Crippen molar-refractivity contribution in [1.29, 1.82) is 0 Å². The van der Waals surface area contributed by atoms with Gasteiger partial charge in [0.1, 0.15) is 17.2 Å². The van der Waals surface area contributed by atoms with Gasteiger partial charge in [-0.25, -0.2) is 9.97 Å². The number of aliphatic hydroxyl groups is 1. The Morgan fingerprint density at radius 2 is 2.07 bits per heavy atom. The molecule has 5 rings (SSSR count). The second-order valence-electron chi connectivity index (χ2n) is 8.21. The molecule has 1 amide bonds. The molecule has 0 unspecified atom stereocenters. The summed E-state index contributed by atoms with van der Waals surface area (Å²) >= 11 is 0. The summed E-state index contributed by atoms with van der Waals surface area (Å²) in [4.78, 5) is 27.8. The molecule has 1 aliphatic carbocycles. The van der Waals surface area contributed by atoms with Crippen molar-refractivity contribution in [3.8, 4) is 0 Å². The predicted octanol–water partition coefficient (Wildman–Crippen LogP) is 1.76. The molecule has 2 fully saturated rings. The minimum absolute atomic E-state index is 0.0336. The van der Waals surface area contributed by atoms with E-state index in [4.69, 9.17) is 0 Å². The number of amides is 1. The van der Waals surface area contributed by atoms with Crippen LogP contribution in [-0.4, -0.2) is 60.5 Å². The van der Waals surface area contributed by atoms with Crippen molar-refractivity contribution in [1.82, 2.24) is 24.3 Å². The minimum Gasteiger partial charge on any atom is -0.391 e. The molecule has 1 saturated carbocycles. The summed E-state index contributed by atoms with van der Waals surface area (Å²) in [5, 5.41) is 13.9. The van der Waals surface area contributed by atoms with E-state index in [1.807, 2.05) is 34.6 Å². The Morgan fingerprint density at radius 1 is 1.24 bits per heavy atom. The van der Waals surface area contributed by atoms with Gasteiger partial charge in [-0.15, -0.1) is 0 Å². The van der Waals surface area contributed by atoms with Crippen molar-refractivity contribution in [2.75, 3.05) is 18.4 Å². The highest BCUT2D eigenvalue weighted by atomic mass is 16.3. The number of rotatable bonds is 3. The van der Waals surface area contributed by atoms with Crippen molar-refractivity contribution in [2.24, 2.45) is 11.8 Å². The molecule has 29 heavy (non-hydrogen) atoms. The van der Waals surface area contributed by atoms with Gasteiger partial charge in [0, 0.05) is 37.9 Å². The predicted molar refractivity (Wildman–Crippen MR) is 107 cm³/mol. The zero-order valence-corrected chi connectivity index (χ0v) is 16.3. The molecule has 0 radical (unpaired) electrons. The molecule has 2 N–H and O–H groups in total. The monoisotopic (exact) mass is 392 g/mol. The van der Waals surface area contributed by atoms with Crippen LogP contribution in [0.15, 0.2) is 43.1 Å². The fourth-order valence-electron chi connectivity index (χ4n) is 4.66. The van der Waals surface area contributed by atoms with E-state index in [1.54, 1.807) is 24.8 Å². The third kappa shape index (κ3) is 3.44. The highest BCUT2D eigenvalue weighted by molar-refractivity contribution is 5.93. The SMILES string of the molecule is Cc1ccn2cc(C(=O)N3C[C@H]4C[C@@H](Nc5cnccn5)[C@H](O)C[C@H]4C3)nc2c1. The van der Waals surface area contributed by atoms with Crippen LogP contribution in [0.1, 0.15) is 28.9 Å². The zero-order chi connectivity index (χ0) is 20.0. The maximum absolute atomic E-state index is 13.1. The lowest BCUT2D eigenvalue weighted by Crippen LogP contribution is -2.43. The molecule has 3 aromatic heterocycles. The summed E-state index contributed by atoms with van der Waals surface area (Å²) in [7, 11) is 0. The Bertz CT molecular complexity index is 1040. The summed E-state index contributed by atoms with van der Waals surface area (Å²) in [6.45, 7) is 3.38. The average Bonchev–Trinajstić information content (AvgIpc) is 3.32. The van der Waals surface area contributed by atoms with Crippen LogP contribution in [0.4, 0.5) is 5.82 Å². The van der Waals surface area contributed by atoms with Gasteiger partial charge < -0.3 is 19.7 Å². The number of imidazole rings is 1. The van der Waals surface area contributed by atoms with Crippen molar-refractivity contribution < 1.29 is 9.90 Å². The van der Waals surface area contributed by atoms with Crippen LogP contribution in [0.25, 0.3) is 5.65 Å². The van der Waals surface area contributed by atoms with E-state index < -0.39 is 6.10 Å². The number of aliphatic hydroxyl groups excluding tert-OH is 1. The van der Waals surface area contributed by atoms with Gasteiger partial charge in [0.05, 0.1) is 18.3 Å². The molecule has 4 atom stereocenters. The Kier molecular flexibility index (Phi) is 4.43. The number of hydrogen-bond donors (Lipinski definition) is 2. The Morgan fingerprint density at radius 3 is 2.86 bits per heavy atom. The molecule has 0 aromatic carbocycles. The van der Waals surface area contributed by atoms with Gasteiger partial charge in [-0.1, -0.05) is 0 Å². The second-order valence-corrected chi connectivity index (χ2v) is 8.21. The highest BCUT2D eigenvalue weighted by Gasteiger charge is 2.43. The largest absolute Gasteiger partial charge is 0.391 e. The summed E-state index contributed by atoms with van der Waals surface area (Å²) in [6.07, 6.45) is 9.66. The molecule has 4 heterocycles. The molecule has 8 nitrogen and oxygen atoms in total. The van der Waals surface area contributed by atoms with E-state index in [-0.39, 0.29) is 11.9 Å². The van der Waals surface area contributed by atoms with Gasteiger partial charge in [-0.3, -0.25) is 9.78 Å². The highest BCUT2D eigenvalue weighted by Crippen LogP contribution is 2.37. The van der Waals surface area contributed by atoms with E-state index in [1.165, 1.54) is 0 Å². The van der Waals surface area contributed by atoms with Crippen molar-refractivity contribution in [2.45, 2.75) is 31.9 Å². The number of carbonyl (C=O) groups is 1. The van der Waals surface area contributed by atoms with Gasteiger partial charge >= 0.3 is 0 Å². The number of carbonyl (C=O) groups excluding carboxylic acids is 1. The van der Waals surface area contributed by atoms with Crippen LogP contribution in [0.5, 0.6) is 0 Å². The lowest BCUT2D eigenvalue weighted by atomic mass is 9.77. The quantitative estimate of drug-likeness (QED) is 0.705. The molecule has 8 heteroatoms. The molecule has 0 bridgehead atoms. The fraction of sp³-hybridized carbons (Fsp3) is 0.429. The summed E-state index contributed by atoms with van der Waals surface area (Å²) in [6, 6.07) is 3.89. The first-order chi connectivity index (χ1) is 14.1. The normalized spacial score (nSPS) is 26.5. The molecule has 0 spiro atoms. The maximum atomic E-state index is 13.1. The molecule has 2 aliphatic rings. The first-order valence-corrected chi connectivity index (χ1v) is 10.0. The smallest absolute Gasteiger partial charge is 0.274 e. The Balaban J connectivity index is 1.29. The van der Waals surface area contributed by atoms with E-state index in [9.17, 15) is 9.90 Å². The summed E-state index contributed by atoms with van der Waals surface area (Å²) < 4.78 is 1.88. The van der Waals surface area contributed by atoms with Crippen LogP contribution >= 0.6 is 0 Å².